The van der Waals surface area contributed by atoms with Crippen LogP contribution >= 0.6 is 0 Å². The molecule has 152 valence electrons. The molecule has 2 aromatic carbocycles. The SMILES string of the molecule is CCC(NC(=O)CN(C)S(=O)(=O)c1ccc(OC)cc1)c1ccc(C)cc1C. The van der Waals surface area contributed by atoms with Gasteiger partial charge in [-0.05, 0) is 55.7 Å². The summed E-state index contributed by atoms with van der Waals surface area (Å²) in [5.41, 5.74) is 3.31. The Bertz CT molecular complexity index is 924. The summed E-state index contributed by atoms with van der Waals surface area (Å²) in [4.78, 5) is 12.6. The standard InChI is InChI=1S/C21H28N2O4S/c1-6-20(19-12-7-15(2)13-16(19)3)22-21(24)14-23(4)28(25,26)18-10-8-17(27-5)9-11-18/h7-13,20H,6,14H2,1-5H3,(H,22,24). The maximum absolute atomic E-state index is 12.7. The molecule has 0 spiro atoms. The molecule has 1 atom stereocenters. The van der Waals surface area contributed by atoms with Gasteiger partial charge in [0.05, 0.1) is 24.6 Å². The molecule has 2 aromatic rings. The third-order valence-corrected chi connectivity index (χ3v) is 6.50. The van der Waals surface area contributed by atoms with Crippen LogP contribution in [0.4, 0.5) is 0 Å². The number of hydrogen-bond acceptors (Lipinski definition) is 4. The van der Waals surface area contributed by atoms with Gasteiger partial charge in [-0.1, -0.05) is 30.7 Å². The largest absolute Gasteiger partial charge is 0.497 e. The van der Waals surface area contributed by atoms with Gasteiger partial charge in [0.2, 0.25) is 15.9 Å². The van der Waals surface area contributed by atoms with Crippen molar-refractivity contribution < 1.29 is 17.9 Å². The first-order valence-electron chi connectivity index (χ1n) is 9.16. The van der Waals surface area contributed by atoms with Crippen LogP contribution in [0.1, 0.15) is 36.1 Å². The van der Waals surface area contributed by atoms with Gasteiger partial charge in [0.25, 0.3) is 0 Å². The van der Waals surface area contributed by atoms with Crippen molar-refractivity contribution in [2.75, 3.05) is 20.7 Å². The summed E-state index contributed by atoms with van der Waals surface area (Å²) in [6.45, 7) is 5.77. The summed E-state index contributed by atoms with van der Waals surface area (Å²) in [6, 6.07) is 12.0. The van der Waals surface area contributed by atoms with Crippen molar-refractivity contribution in [1.29, 1.82) is 0 Å². The van der Waals surface area contributed by atoms with Crippen molar-refractivity contribution in [3.05, 3.63) is 59.2 Å². The van der Waals surface area contributed by atoms with Gasteiger partial charge in [-0.3, -0.25) is 4.79 Å². The first kappa shape index (κ1) is 21.9. The topological polar surface area (TPSA) is 75.7 Å². The molecule has 2 rings (SSSR count). The highest BCUT2D eigenvalue weighted by atomic mass is 32.2. The number of nitrogens with one attached hydrogen (secondary N) is 1. The molecular formula is C21H28N2O4S. The van der Waals surface area contributed by atoms with E-state index in [1.807, 2.05) is 32.9 Å². The number of amides is 1. The number of carbonyl (C=O) groups excluding carboxylic acids is 1. The minimum atomic E-state index is -3.76. The molecule has 7 heteroatoms. The van der Waals surface area contributed by atoms with E-state index in [1.54, 1.807) is 12.1 Å². The van der Waals surface area contributed by atoms with Crippen molar-refractivity contribution in [2.45, 2.75) is 38.1 Å². The lowest BCUT2D eigenvalue weighted by Crippen LogP contribution is -2.39. The lowest BCUT2D eigenvalue weighted by Gasteiger charge is -2.22. The highest BCUT2D eigenvalue weighted by Gasteiger charge is 2.24. The predicted molar refractivity (Wildman–Crippen MR) is 110 cm³/mol. The second-order valence-electron chi connectivity index (χ2n) is 6.83. The fourth-order valence-corrected chi connectivity index (χ4v) is 4.20. The van der Waals surface area contributed by atoms with Crippen LogP contribution in [-0.4, -0.2) is 39.3 Å². The van der Waals surface area contributed by atoms with Crippen LogP contribution in [-0.2, 0) is 14.8 Å². The number of likely N-dealkylation sites (N-methyl/N-ethyl adjacent to an activating group) is 1. The maximum Gasteiger partial charge on any atom is 0.243 e. The Morgan fingerprint density at radius 3 is 2.32 bits per heavy atom. The molecule has 1 N–H and O–H groups in total. The van der Waals surface area contributed by atoms with Crippen LogP contribution in [0.25, 0.3) is 0 Å². The quantitative estimate of drug-likeness (QED) is 0.733. The number of nitrogens with zero attached hydrogens (tertiary/aromatic N) is 1. The number of carbonyl (C=O) groups is 1. The first-order valence-corrected chi connectivity index (χ1v) is 10.6. The normalized spacial score (nSPS) is 12.6. The van der Waals surface area contributed by atoms with E-state index in [1.165, 1.54) is 26.3 Å². The van der Waals surface area contributed by atoms with E-state index in [-0.39, 0.29) is 23.4 Å². The van der Waals surface area contributed by atoms with Crippen molar-refractivity contribution in [2.24, 2.45) is 0 Å². The second kappa shape index (κ2) is 9.21. The Balaban J connectivity index is 2.09. The fraction of sp³-hybridized carbons (Fsp3) is 0.381. The number of hydrogen-bond donors (Lipinski definition) is 1. The van der Waals surface area contributed by atoms with Crippen LogP contribution in [0.15, 0.2) is 47.4 Å². The molecule has 6 nitrogen and oxygen atoms in total. The molecular weight excluding hydrogens is 376 g/mol. The molecule has 0 fully saturated rings. The van der Waals surface area contributed by atoms with E-state index < -0.39 is 10.0 Å². The number of ether oxygens (including phenoxy) is 1. The van der Waals surface area contributed by atoms with Crippen LogP contribution in [0, 0.1) is 13.8 Å². The number of sulfonamides is 1. The van der Waals surface area contributed by atoms with Crippen LogP contribution in [0.2, 0.25) is 0 Å². The van der Waals surface area contributed by atoms with Gasteiger partial charge in [-0.2, -0.15) is 4.31 Å². The monoisotopic (exact) mass is 404 g/mol. The van der Waals surface area contributed by atoms with E-state index in [4.69, 9.17) is 4.74 Å². The summed E-state index contributed by atoms with van der Waals surface area (Å²) < 4.78 is 31.5. The minimum absolute atomic E-state index is 0.116. The third-order valence-electron chi connectivity index (χ3n) is 4.68. The van der Waals surface area contributed by atoms with Crippen LogP contribution in [0.5, 0.6) is 5.75 Å². The molecule has 0 bridgehead atoms. The van der Waals surface area contributed by atoms with Crippen molar-refractivity contribution in [3.8, 4) is 5.75 Å². The van der Waals surface area contributed by atoms with E-state index in [9.17, 15) is 13.2 Å². The predicted octanol–water partition coefficient (Wildman–Crippen LogP) is 3.20. The molecule has 0 radical (unpaired) electrons. The highest BCUT2D eigenvalue weighted by molar-refractivity contribution is 7.89. The molecule has 0 aliphatic carbocycles. The highest BCUT2D eigenvalue weighted by Crippen LogP contribution is 2.22. The summed E-state index contributed by atoms with van der Waals surface area (Å²) >= 11 is 0. The summed E-state index contributed by atoms with van der Waals surface area (Å²) in [6.07, 6.45) is 0.713. The number of aryl methyl sites for hydroxylation is 2. The Morgan fingerprint density at radius 2 is 1.79 bits per heavy atom. The molecule has 0 saturated carbocycles. The van der Waals surface area contributed by atoms with E-state index in [0.29, 0.717) is 12.2 Å². The average Bonchev–Trinajstić information content (AvgIpc) is 2.66. The van der Waals surface area contributed by atoms with Gasteiger partial charge in [-0.25, -0.2) is 8.42 Å². The van der Waals surface area contributed by atoms with E-state index in [0.717, 1.165) is 21.0 Å². The summed E-state index contributed by atoms with van der Waals surface area (Å²) in [7, 11) is -0.849. The Labute approximate surface area is 167 Å². The van der Waals surface area contributed by atoms with Crippen LogP contribution < -0.4 is 10.1 Å². The Hall–Kier alpha value is -2.38. The third kappa shape index (κ3) is 5.11. The van der Waals surface area contributed by atoms with Crippen molar-refractivity contribution in [3.63, 3.8) is 0 Å². The zero-order valence-corrected chi connectivity index (χ0v) is 17.8. The van der Waals surface area contributed by atoms with Crippen molar-refractivity contribution in [1.82, 2.24) is 9.62 Å². The van der Waals surface area contributed by atoms with Gasteiger partial charge < -0.3 is 10.1 Å². The molecule has 1 amide bonds. The molecule has 28 heavy (non-hydrogen) atoms. The fourth-order valence-electron chi connectivity index (χ4n) is 3.07. The molecule has 0 aliphatic rings. The number of benzene rings is 2. The zero-order chi connectivity index (χ0) is 20.9. The number of rotatable bonds is 8. The molecule has 0 aliphatic heterocycles. The second-order valence-corrected chi connectivity index (χ2v) is 8.87. The average molecular weight is 405 g/mol. The molecule has 1 unspecified atom stereocenters. The maximum atomic E-state index is 12.7. The minimum Gasteiger partial charge on any atom is -0.497 e. The molecule has 0 aromatic heterocycles. The lowest BCUT2D eigenvalue weighted by molar-refractivity contribution is -0.121. The Morgan fingerprint density at radius 1 is 1.14 bits per heavy atom. The lowest BCUT2D eigenvalue weighted by atomic mass is 9.97. The van der Waals surface area contributed by atoms with Gasteiger partial charge in [-0.15, -0.1) is 0 Å². The Kier molecular flexibility index (Phi) is 7.21. The van der Waals surface area contributed by atoms with Gasteiger partial charge >= 0.3 is 0 Å². The van der Waals surface area contributed by atoms with E-state index in [2.05, 4.69) is 11.4 Å². The van der Waals surface area contributed by atoms with Gasteiger partial charge in [0.15, 0.2) is 0 Å². The summed E-state index contributed by atoms with van der Waals surface area (Å²) in [5, 5.41) is 2.95. The molecule has 0 heterocycles. The zero-order valence-electron chi connectivity index (χ0n) is 17.0. The van der Waals surface area contributed by atoms with Gasteiger partial charge in [0, 0.05) is 7.05 Å². The van der Waals surface area contributed by atoms with Gasteiger partial charge in [0.1, 0.15) is 5.75 Å². The first-order chi connectivity index (χ1) is 13.2. The van der Waals surface area contributed by atoms with E-state index >= 15 is 0 Å². The summed E-state index contributed by atoms with van der Waals surface area (Å²) in [5.74, 6) is 0.227. The van der Waals surface area contributed by atoms with Crippen molar-refractivity contribution >= 4 is 15.9 Å². The van der Waals surface area contributed by atoms with Crippen LogP contribution in [0.3, 0.4) is 0 Å². The smallest absolute Gasteiger partial charge is 0.243 e. The molecule has 0 saturated heterocycles. The number of methoxy groups -OCH3 is 1.